The largest absolute Gasteiger partial charge is 0.486 e. The molecule has 9 heteroatoms. The molecule has 2 heterocycles. The lowest BCUT2D eigenvalue weighted by molar-refractivity contribution is -0.924. The number of anilines is 1. The average molecular weight is 465 g/mol. The first kappa shape index (κ1) is 21.2. The van der Waals surface area contributed by atoms with E-state index >= 15 is 0 Å². The highest BCUT2D eigenvalue weighted by Gasteiger charge is 2.22. The van der Waals surface area contributed by atoms with E-state index < -0.39 is 0 Å². The summed E-state index contributed by atoms with van der Waals surface area (Å²) in [5.74, 6) is 1.55. The number of hydrogen-bond donors (Lipinski definition) is 1. The van der Waals surface area contributed by atoms with E-state index in [-0.39, 0.29) is 0 Å². The van der Waals surface area contributed by atoms with Crippen LogP contribution in [0.5, 0.6) is 5.75 Å². The number of ether oxygens (including phenoxy) is 1. The van der Waals surface area contributed by atoms with Crippen molar-refractivity contribution >= 4 is 41.1 Å². The first-order valence-corrected chi connectivity index (χ1v) is 11.0. The first-order chi connectivity index (χ1) is 14.5. The Labute approximate surface area is 191 Å². The Bertz CT molecular complexity index is 1060. The van der Waals surface area contributed by atoms with Crippen LogP contribution >= 0.6 is 35.4 Å². The molecule has 1 aliphatic rings. The number of hydrogen-bond acceptors (Lipinski definition) is 4. The van der Waals surface area contributed by atoms with Gasteiger partial charge in [-0.2, -0.15) is 4.68 Å². The number of quaternary nitrogens is 1. The summed E-state index contributed by atoms with van der Waals surface area (Å²) in [5, 5.41) is 6.15. The molecule has 0 unspecified atom stereocenters. The zero-order valence-corrected chi connectivity index (χ0v) is 19.1. The number of nitrogens with zero attached hydrogens (tertiary/aromatic N) is 4. The predicted molar refractivity (Wildman–Crippen MR) is 122 cm³/mol. The molecule has 4 rings (SSSR count). The van der Waals surface area contributed by atoms with Crippen LogP contribution in [-0.4, -0.2) is 40.5 Å². The lowest BCUT2D eigenvalue weighted by Crippen LogP contribution is -3.14. The van der Waals surface area contributed by atoms with Gasteiger partial charge in [-0.25, -0.2) is 0 Å². The third-order valence-electron chi connectivity index (χ3n) is 5.33. The summed E-state index contributed by atoms with van der Waals surface area (Å²) in [6.07, 6.45) is 0. The number of benzene rings is 2. The summed E-state index contributed by atoms with van der Waals surface area (Å²) in [5.41, 5.74) is 1.18. The molecule has 1 fully saturated rings. The zero-order chi connectivity index (χ0) is 21.1. The maximum absolute atomic E-state index is 6.13. The van der Waals surface area contributed by atoms with Crippen LogP contribution in [0.4, 0.5) is 5.69 Å². The standard InChI is InChI=1S/C21H23Cl2N5OS/c1-25-20(14-29-19-7-5-16(22)6-8-19)24-28(21(25)30)15-26-9-11-27(12-10-26)18-4-2-3-17(23)13-18/h2-8,13H,9-12,14-15H2,1H3/p+1. The van der Waals surface area contributed by atoms with E-state index in [0.29, 0.717) is 16.4 Å². The Morgan fingerprint density at radius 2 is 1.80 bits per heavy atom. The van der Waals surface area contributed by atoms with E-state index in [1.807, 2.05) is 46.6 Å². The zero-order valence-electron chi connectivity index (χ0n) is 16.7. The van der Waals surface area contributed by atoms with Gasteiger partial charge in [0.05, 0.1) is 26.2 Å². The van der Waals surface area contributed by atoms with Crippen LogP contribution in [0.25, 0.3) is 0 Å². The summed E-state index contributed by atoms with van der Waals surface area (Å²) < 4.78 is 10.3. The van der Waals surface area contributed by atoms with Gasteiger partial charge in [-0.05, 0) is 54.7 Å². The van der Waals surface area contributed by atoms with Gasteiger partial charge in [-0.3, -0.25) is 0 Å². The molecular weight excluding hydrogens is 441 g/mol. The molecule has 1 aromatic heterocycles. The summed E-state index contributed by atoms with van der Waals surface area (Å²) in [4.78, 5) is 3.82. The van der Waals surface area contributed by atoms with Crippen molar-refractivity contribution < 1.29 is 9.64 Å². The molecular formula is C21H24Cl2N5OS+. The quantitative estimate of drug-likeness (QED) is 0.568. The fraction of sp³-hybridized carbons (Fsp3) is 0.333. The van der Waals surface area contributed by atoms with Gasteiger partial charge in [-0.1, -0.05) is 29.3 Å². The van der Waals surface area contributed by atoms with Crippen molar-refractivity contribution in [3.05, 3.63) is 69.2 Å². The highest BCUT2D eigenvalue weighted by Crippen LogP contribution is 2.19. The topological polar surface area (TPSA) is 39.7 Å². The molecule has 6 nitrogen and oxygen atoms in total. The van der Waals surface area contributed by atoms with Gasteiger partial charge in [0.2, 0.25) is 4.77 Å². The molecule has 0 radical (unpaired) electrons. The Kier molecular flexibility index (Phi) is 6.63. The van der Waals surface area contributed by atoms with Crippen LogP contribution < -0.4 is 14.5 Å². The van der Waals surface area contributed by atoms with Crippen molar-refractivity contribution in [2.24, 2.45) is 7.05 Å². The molecule has 3 aromatic rings. The number of halogens is 2. The molecule has 0 bridgehead atoms. The molecule has 1 saturated heterocycles. The smallest absolute Gasteiger partial charge is 0.202 e. The van der Waals surface area contributed by atoms with Crippen molar-refractivity contribution in [2.45, 2.75) is 13.3 Å². The van der Waals surface area contributed by atoms with Crippen LogP contribution in [0.3, 0.4) is 0 Å². The molecule has 30 heavy (non-hydrogen) atoms. The highest BCUT2D eigenvalue weighted by atomic mass is 35.5. The molecule has 0 aliphatic carbocycles. The maximum Gasteiger partial charge on any atom is 0.202 e. The Morgan fingerprint density at radius 1 is 1.07 bits per heavy atom. The predicted octanol–water partition coefficient (Wildman–Crippen LogP) is 3.20. The number of nitrogens with one attached hydrogen (secondary N) is 1. The monoisotopic (exact) mass is 464 g/mol. The summed E-state index contributed by atoms with van der Waals surface area (Å²) >= 11 is 17.7. The van der Waals surface area contributed by atoms with Crippen LogP contribution in [0.1, 0.15) is 5.82 Å². The van der Waals surface area contributed by atoms with Gasteiger partial charge in [-0.15, -0.1) is 5.10 Å². The minimum atomic E-state index is 0.354. The second kappa shape index (κ2) is 9.39. The Hall–Kier alpha value is -2.06. The SMILES string of the molecule is Cn1c(COc2ccc(Cl)cc2)nn(C[NH+]2CCN(c3cccc(Cl)c3)CC2)c1=S. The minimum Gasteiger partial charge on any atom is -0.486 e. The Morgan fingerprint density at radius 3 is 2.50 bits per heavy atom. The van der Waals surface area contributed by atoms with E-state index in [1.54, 1.807) is 12.1 Å². The van der Waals surface area contributed by atoms with E-state index in [4.69, 9.17) is 45.3 Å². The third-order valence-corrected chi connectivity index (χ3v) is 6.30. The van der Waals surface area contributed by atoms with Gasteiger partial charge < -0.3 is 19.1 Å². The third kappa shape index (κ3) is 4.98. The van der Waals surface area contributed by atoms with Crippen molar-refractivity contribution in [1.29, 1.82) is 0 Å². The summed E-state index contributed by atoms with van der Waals surface area (Å²) in [6.45, 7) is 5.08. The molecule has 0 atom stereocenters. The van der Waals surface area contributed by atoms with Gasteiger partial charge in [0.25, 0.3) is 0 Å². The molecule has 1 aliphatic heterocycles. The fourth-order valence-electron chi connectivity index (χ4n) is 3.56. The molecule has 0 spiro atoms. The van der Waals surface area contributed by atoms with Gasteiger partial charge >= 0.3 is 0 Å². The van der Waals surface area contributed by atoms with Gasteiger partial charge in [0.1, 0.15) is 12.4 Å². The van der Waals surface area contributed by atoms with Gasteiger partial charge in [0.15, 0.2) is 12.5 Å². The second-order valence-electron chi connectivity index (χ2n) is 7.37. The van der Waals surface area contributed by atoms with E-state index in [1.165, 1.54) is 10.6 Å². The summed E-state index contributed by atoms with van der Waals surface area (Å²) in [7, 11) is 1.93. The van der Waals surface area contributed by atoms with Crippen LogP contribution in [-0.2, 0) is 20.3 Å². The minimum absolute atomic E-state index is 0.354. The van der Waals surface area contributed by atoms with Gasteiger partial charge in [0, 0.05) is 22.8 Å². The number of aromatic nitrogens is 3. The average Bonchev–Trinajstić information content (AvgIpc) is 3.02. The van der Waals surface area contributed by atoms with E-state index in [0.717, 1.165) is 49.4 Å². The normalized spacial score (nSPS) is 14.8. The lowest BCUT2D eigenvalue weighted by Gasteiger charge is -2.33. The van der Waals surface area contributed by atoms with Crippen molar-refractivity contribution in [1.82, 2.24) is 14.3 Å². The lowest BCUT2D eigenvalue weighted by atomic mass is 10.2. The fourth-order valence-corrected chi connectivity index (χ4v) is 4.09. The van der Waals surface area contributed by atoms with E-state index in [9.17, 15) is 0 Å². The van der Waals surface area contributed by atoms with Crippen LogP contribution in [0, 0.1) is 4.77 Å². The molecule has 1 N–H and O–H groups in total. The molecule has 0 saturated carbocycles. The van der Waals surface area contributed by atoms with Crippen LogP contribution in [0.15, 0.2) is 48.5 Å². The van der Waals surface area contributed by atoms with Crippen molar-refractivity contribution in [3.63, 3.8) is 0 Å². The second-order valence-corrected chi connectivity index (χ2v) is 8.61. The highest BCUT2D eigenvalue weighted by molar-refractivity contribution is 7.71. The maximum atomic E-state index is 6.13. The van der Waals surface area contributed by atoms with Crippen molar-refractivity contribution in [2.75, 3.05) is 31.1 Å². The van der Waals surface area contributed by atoms with Crippen molar-refractivity contribution in [3.8, 4) is 5.75 Å². The summed E-state index contributed by atoms with van der Waals surface area (Å²) in [6, 6.07) is 15.3. The van der Waals surface area contributed by atoms with Crippen LogP contribution in [0.2, 0.25) is 10.0 Å². The number of rotatable bonds is 6. The molecule has 0 amide bonds. The number of piperazine rings is 1. The van der Waals surface area contributed by atoms with E-state index in [2.05, 4.69) is 11.0 Å². The molecule has 2 aromatic carbocycles. The Balaban J connectivity index is 1.35. The first-order valence-electron chi connectivity index (χ1n) is 9.85. The molecule has 158 valence electrons.